The number of benzene rings is 13. The fourth-order valence-corrected chi connectivity index (χ4v) is 13.6. The van der Waals surface area contributed by atoms with E-state index < -0.39 is 0 Å². The Bertz CT molecular complexity index is 4840. The van der Waals surface area contributed by atoms with E-state index in [0.717, 1.165) is 10.9 Å². The smallest absolute Gasteiger partial charge is 0.0998 e. The predicted molar refractivity (Wildman–Crippen MR) is 281 cm³/mol. The molecule has 66 heavy (non-hydrogen) atoms. The van der Waals surface area contributed by atoms with Crippen LogP contribution in [0.1, 0.15) is 5.56 Å². The quantitative estimate of drug-likeness (QED) is 0.126. The zero-order valence-corrected chi connectivity index (χ0v) is 35.3. The van der Waals surface area contributed by atoms with Gasteiger partial charge in [-0.15, -0.1) is 0 Å². The van der Waals surface area contributed by atoms with Crippen molar-refractivity contribution in [1.29, 1.82) is 5.26 Å². The zero-order chi connectivity index (χ0) is 42.7. The van der Waals surface area contributed by atoms with Crippen LogP contribution < -0.4 is 0 Å². The zero-order valence-electron chi connectivity index (χ0n) is 35.3. The van der Waals surface area contributed by atoms with E-state index in [1.54, 1.807) is 0 Å². The lowest BCUT2D eigenvalue weighted by Crippen LogP contribution is -1.89. The minimum atomic E-state index is 0.719. The number of hydrogen-bond acceptors (Lipinski definition) is 1. The maximum absolute atomic E-state index is 10.3. The summed E-state index contributed by atoms with van der Waals surface area (Å²) in [6, 6.07) is 73.2. The predicted octanol–water partition coefficient (Wildman–Crippen LogP) is 18.1. The molecular formula is C65H31N. The average Bonchev–Trinajstić information content (AvgIpc) is 4.10. The van der Waals surface area contributed by atoms with E-state index in [1.807, 2.05) is 6.07 Å². The highest BCUT2D eigenvalue weighted by atomic mass is 14.3. The van der Waals surface area contributed by atoms with E-state index in [9.17, 15) is 5.26 Å². The van der Waals surface area contributed by atoms with Gasteiger partial charge in [0.2, 0.25) is 0 Å². The highest BCUT2D eigenvalue weighted by Gasteiger charge is 2.31. The summed E-state index contributed by atoms with van der Waals surface area (Å²) in [5.41, 5.74) is 11.0. The summed E-state index contributed by atoms with van der Waals surface area (Å²) in [5, 5.41) is 41.3. The van der Waals surface area contributed by atoms with Gasteiger partial charge < -0.3 is 0 Å². The molecule has 0 fully saturated rings. The summed E-state index contributed by atoms with van der Waals surface area (Å²) in [6.45, 7) is 0. The summed E-state index contributed by atoms with van der Waals surface area (Å²) in [6.07, 6.45) is 0. The molecule has 0 heterocycles. The first-order chi connectivity index (χ1) is 32.8. The number of rotatable bonds is 2. The second-order valence-corrected chi connectivity index (χ2v) is 18.7. The van der Waals surface area contributed by atoms with Crippen molar-refractivity contribution in [3.8, 4) is 50.6 Å². The summed E-state index contributed by atoms with van der Waals surface area (Å²) in [4.78, 5) is 0. The van der Waals surface area contributed by atoms with E-state index in [4.69, 9.17) is 0 Å². The highest BCUT2D eigenvalue weighted by Crippen LogP contribution is 2.59. The van der Waals surface area contributed by atoms with Gasteiger partial charge in [-0.2, -0.15) is 5.26 Å². The van der Waals surface area contributed by atoms with Crippen LogP contribution in [0.3, 0.4) is 0 Å². The number of nitriles is 1. The molecule has 0 radical (unpaired) electrons. The molecule has 0 amide bonds. The largest absolute Gasteiger partial charge is 0.192 e. The van der Waals surface area contributed by atoms with Crippen LogP contribution in [-0.4, -0.2) is 0 Å². The van der Waals surface area contributed by atoms with Gasteiger partial charge in [0.25, 0.3) is 0 Å². The van der Waals surface area contributed by atoms with Gasteiger partial charge >= 0.3 is 0 Å². The van der Waals surface area contributed by atoms with Gasteiger partial charge in [0.15, 0.2) is 0 Å². The standard InChI is InChI=1S/C65H31N/c66-32-34-21-22-49-54-36(34)19-10-20-42(54)52-31-53-58(39-16-7-4-13-35(39)33-11-2-1-3-12-33)63-50-29-27-47-45-25-23-43-37-14-5-6-15-38(37)44-24-26-46(56(45)55(43)44)48-28-30-51(59(50)57(47)48)64(63)62-41-18-9-8-17-40(41)61(60(49)52)65(53)62/h1-31H. The summed E-state index contributed by atoms with van der Waals surface area (Å²) in [5.74, 6) is 0. The molecule has 17 rings (SSSR count). The van der Waals surface area contributed by atoms with Crippen molar-refractivity contribution in [3.05, 3.63) is 194 Å². The topological polar surface area (TPSA) is 23.8 Å². The second kappa shape index (κ2) is 11.5. The Morgan fingerprint density at radius 2 is 0.652 bits per heavy atom. The third-order valence-corrected chi connectivity index (χ3v) is 16.0. The normalized spacial score (nSPS) is 12.8. The average molecular weight is 826 g/mol. The number of nitrogens with zero attached hydrogens (tertiary/aromatic N) is 1. The van der Waals surface area contributed by atoms with Crippen LogP contribution >= 0.6 is 0 Å². The first-order valence-electron chi connectivity index (χ1n) is 23.0. The molecule has 0 bridgehead atoms. The van der Waals surface area contributed by atoms with Gasteiger partial charge in [0.1, 0.15) is 0 Å². The molecule has 0 unspecified atom stereocenters. The Morgan fingerprint density at radius 3 is 1.35 bits per heavy atom. The Morgan fingerprint density at radius 1 is 0.227 bits per heavy atom. The van der Waals surface area contributed by atoms with Crippen molar-refractivity contribution in [2.75, 3.05) is 0 Å². The molecule has 0 saturated carbocycles. The molecule has 0 saturated heterocycles. The van der Waals surface area contributed by atoms with Crippen LogP contribution in [0.2, 0.25) is 0 Å². The van der Waals surface area contributed by atoms with E-state index in [0.29, 0.717) is 0 Å². The minimum absolute atomic E-state index is 0.719. The van der Waals surface area contributed by atoms with E-state index in [-0.39, 0.29) is 0 Å². The molecule has 1 aliphatic carbocycles. The fourth-order valence-electron chi connectivity index (χ4n) is 13.6. The summed E-state index contributed by atoms with van der Waals surface area (Å²) in [7, 11) is 0. The van der Waals surface area contributed by atoms with Gasteiger partial charge in [0, 0.05) is 5.39 Å². The lowest BCUT2D eigenvalue weighted by atomic mass is 9.85. The monoisotopic (exact) mass is 825 g/mol. The van der Waals surface area contributed by atoms with Gasteiger partial charge in [-0.3, -0.25) is 0 Å². The van der Waals surface area contributed by atoms with Gasteiger partial charge in [0.05, 0.1) is 11.6 Å². The molecule has 296 valence electrons. The first kappa shape index (κ1) is 33.7. The van der Waals surface area contributed by atoms with Crippen molar-refractivity contribution >= 4 is 129 Å². The lowest BCUT2D eigenvalue weighted by molar-refractivity contribution is 1.51. The Labute approximate surface area is 376 Å². The maximum Gasteiger partial charge on any atom is 0.0998 e. The number of hydrogen-bond donors (Lipinski definition) is 0. The SMILES string of the molecule is N#Cc1ccc2c3c1cccc3c1cc3c(-c4ccccc4-c4ccccc4)c4c5ccc6c7ccc8c9c(ccc(c%10ccc(c5c6%10)c4c4c5ccccc5c(c12)c34)c97)-c1ccccc1-8. The molecular weight excluding hydrogens is 795 g/mol. The Hall–Kier alpha value is -8.83. The van der Waals surface area contributed by atoms with Crippen LogP contribution in [0, 0.1) is 11.3 Å². The molecule has 1 aliphatic rings. The molecule has 0 spiro atoms. The second-order valence-electron chi connectivity index (χ2n) is 18.7. The van der Waals surface area contributed by atoms with E-state index in [2.05, 4.69) is 188 Å². The first-order valence-corrected chi connectivity index (χ1v) is 23.0. The maximum atomic E-state index is 10.3. The molecule has 0 aromatic heterocycles. The Balaban J connectivity index is 1.14. The van der Waals surface area contributed by atoms with Crippen LogP contribution in [0.15, 0.2) is 188 Å². The summed E-state index contributed by atoms with van der Waals surface area (Å²) < 4.78 is 0. The van der Waals surface area contributed by atoms with E-state index >= 15 is 0 Å². The molecule has 0 N–H and O–H groups in total. The van der Waals surface area contributed by atoms with E-state index in [1.165, 1.54) is 168 Å². The Kier molecular flexibility index (Phi) is 5.85. The molecule has 0 aliphatic heterocycles. The number of fused-ring (bicyclic) bond motifs is 16. The van der Waals surface area contributed by atoms with Crippen molar-refractivity contribution in [1.82, 2.24) is 0 Å². The third kappa shape index (κ3) is 3.70. The van der Waals surface area contributed by atoms with Crippen molar-refractivity contribution in [2.45, 2.75) is 0 Å². The molecule has 0 atom stereocenters. The molecule has 1 nitrogen and oxygen atoms in total. The van der Waals surface area contributed by atoms with Gasteiger partial charge in [-0.05, 0) is 181 Å². The van der Waals surface area contributed by atoms with Crippen molar-refractivity contribution in [3.63, 3.8) is 0 Å². The van der Waals surface area contributed by atoms with Crippen LogP contribution in [0.4, 0.5) is 0 Å². The van der Waals surface area contributed by atoms with Crippen LogP contribution in [-0.2, 0) is 0 Å². The third-order valence-electron chi connectivity index (χ3n) is 16.0. The van der Waals surface area contributed by atoms with Crippen LogP contribution in [0.5, 0.6) is 0 Å². The molecule has 1 heteroatoms. The highest BCUT2D eigenvalue weighted by molar-refractivity contribution is 6.54. The molecule has 16 aromatic carbocycles. The van der Waals surface area contributed by atoms with Gasteiger partial charge in [-0.25, -0.2) is 0 Å². The van der Waals surface area contributed by atoms with Gasteiger partial charge in [-0.1, -0.05) is 176 Å². The van der Waals surface area contributed by atoms with Crippen molar-refractivity contribution in [2.24, 2.45) is 0 Å². The summed E-state index contributed by atoms with van der Waals surface area (Å²) >= 11 is 0. The van der Waals surface area contributed by atoms with Crippen molar-refractivity contribution < 1.29 is 0 Å². The van der Waals surface area contributed by atoms with Crippen LogP contribution in [0.25, 0.3) is 174 Å². The minimum Gasteiger partial charge on any atom is -0.192 e. The fraction of sp³-hybridized carbons (Fsp3) is 0. The molecule has 16 aromatic rings. The lowest BCUT2D eigenvalue weighted by Gasteiger charge is -2.17.